The summed E-state index contributed by atoms with van der Waals surface area (Å²) >= 11 is 1.80. The van der Waals surface area contributed by atoms with Gasteiger partial charge in [-0.2, -0.15) is 0 Å². The number of nitrogens with zero attached hydrogens (tertiary/aromatic N) is 2. The average Bonchev–Trinajstić information content (AvgIpc) is 2.97. The lowest BCUT2D eigenvalue weighted by atomic mass is 10.3. The Morgan fingerprint density at radius 3 is 2.64 bits per heavy atom. The molecule has 0 radical (unpaired) electrons. The molecule has 22 heavy (non-hydrogen) atoms. The summed E-state index contributed by atoms with van der Waals surface area (Å²) < 4.78 is 4.94. The van der Waals surface area contributed by atoms with E-state index in [0.717, 1.165) is 39.3 Å². The minimum absolute atomic E-state index is 0. The molecule has 1 fully saturated rings. The number of carbonyl (C=O) groups is 1. The van der Waals surface area contributed by atoms with Crippen LogP contribution in [0.2, 0.25) is 0 Å². The average molecular weight is 370 g/mol. The predicted octanol–water partition coefficient (Wildman–Crippen LogP) is 1.47. The van der Waals surface area contributed by atoms with Crippen molar-refractivity contribution in [2.24, 2.45) is 0 Å². The fraction of sp³-hybridized carbons (Fsp3) is 0.643. The standard InChI is InChI=1S/C14H23N3O2S.2ClH/c1-19-9-4-15-11-14(18)17-7-5-16(6-8-17)12-13-3-2-10-20-13;;/h2-3,10,15H,4-9,11-12H2,1H3;2*1H. The van der Waals surface area contributed by atoms with Gasteiger partial charge in [-0.05, 0) is 11.4 Å². The van der Waals surface area contributed by atoms with Gasteiger partial charge in [-0.15, -0.1) is 36.2 Å². The van der Waals surface area contributed by atoms with E-state index < -0.39 is 0 Å². The third kappa shape index (κ3) is 7.26. The number of piperazine rings is 1. The normalized spacial score (nSPS) is 15.0. The quantitative estimate of drug-likeness (QED) is 0.739. The van der Waals surface area contributed by atoms with Crippen LogP contribution in [0.1, 0.15) is 4.88 Å². The molecule has 1 aromatic rings. The molecule has 0 saturated carbocycles. The fourth-order valence-corrected chi connectivity index (χ4v) is 3.01. The van der Waals surface area contributed by atoms with Crippen molar-refractivity contribution in [1.82, 2.24) is 15.1 Å². The Morgan fingerprint density at radius 2 is 2.05 bits per heavy atom. The smallest absolute Gasteiger partial charge is 0.236 e. The van der Waals surface area contributed by atoms with Crippen molar-refractivity contribution in [1.29, 1.82) is 0 Å². The molecule has 1 N–H and O–H groups in total. The number of hydrogen-bond donors (Lipinski definition) is 1. The Bertz CT molecular complexity index is 399. The second kappa shape index (κ2) is 12.1. The van der Waals surface area contributed by atoms with Crippen LogP contribution in [0.3, 0.4) is 0 Å². The van der Waals surface area contributed by atoms with E-state index in [9.17, 15) is 4.79 Å². The maximum Gasteiger partial charge on any atom is 0.236 e. The molecule has 1 aliphatic heterocycles. The van der Waals surface area contributed by atoms with E-state index in [1.165, 1.54) is 4.88 Å². The summed E-state index contributed by atoms with van der Waals surface area (Å²) in [4.78, 5) is 17.7. The van der Waals surface area contributed by atoms with Crippen LogP contribution < -0.4 is 5.32 Å². The summed E-state index contributed by atoms with van der Waals surface area (Å²) in [5.41, 5.74) is 0. The lowest BCUT2D eigenvalue weighted by Gasteiger charge is -2.34. The molecule has 5 nitrogen and oxygen atoms in total. The Hall–Kier alpha value is -0.370. The maximum absolute atomic E-state index is 12.0. The van der Waals surface area contributed by atoms with E-state index in [0.29, 0.717) is 13.2 Å². The lowest BCUT2D eigenvalue weighted by molar-refractivity contribution is -0.132. The van der Waals surface area contributed by atoms with Gasteiger partial charge in [-0.3, -0.25) is 9.69 Å². The Balaban J connectivity index is 0.00000220. The zero-order valence-electron chi connectivity index (χ0n) is 12.8. The molecule has 0 aromatic carbocycles. The summed E-state index contributed by atoms with van der Waals surface area (Å²) in [5, 5.41) is 5.21. The minimum atomic E-state index is 0. The number of halogens is 2. The van der Waals surface area contributed by atoms with E-state index in [1.54, 1.807) is 18.4 Å². The van der Waals surface area contributed by atoms with Gasteiger partial charge in [0.15, 0.2) is 0 Å². The highest BCUT2D eigenvalue weighted by Crippen LogP contribution is 2.13. The molecule has 0 spiro atoms. The number of amides is 1. The highest BCUT2D eigenvalue weighted by molar-refractivity contribution is 7.09. The maximum atomic E-state index is 12.0. The van der Waals surface area contributed by atoms with Gasteiger partial charge in [-0.1, -0.05) is 6.07 Å². The van der Waals surface area contributed by atoms with Crippen LogP contribution in [-0.4, -0.2) is 68.7 Å². The van der Waals surface area contributed by atoms with Crippen LogP contribution >= 0.6 is 36.2 Å². The topological polar surface area (TPSA) is 44.8 Å². The molecule has 1 saturated heterocycles. The first-order valence-electron chi connectivity index (χ1n) is 7.02. The third-order valence-electron chi connectivity index (χ3n) is 3.44. The zero-order chi connectivity index (χ0) is 14.2. The van der Waals surface area contributed by atoms with E-state index in [4.69, 9.17) is 4.74 Å². The van der Waals surface area contributed by atoms with Gasteiger partial charge < -0.3 is 15.0 Å². The van der Waals surface area contributed by atoms with Gasteiger partial charge in [0.05, 0.1) is 13.2 Å². The molecule has 0 atom stereocenters. The minimum Gasteiger partial charge on any atom is -0.383 e. The highest BCUT2D eigenvalue weighted by atomic mass is 35.5. The van der Waals surface area contributed by atoms with Crippen molar-refractivity contribution < 1.29 is 9.53 Å². The molecular formula is C14H25Cl2N3O2S. The summed E-state index contributed by atoms with van der Waals surface area (Å²) in [6.07, 6.45) is 0. The number of ether oxygens (including phenoxy) is 1. The van der Waals surface area contributed by atoms with Crippen molar-refractivity contribution in [3.8, 4) is 0 Å². The largest absolute Gasteiger partial charge is 0.383 e. The zero-order valence-corrected chi connectivity index (χ0v) is 15.3. The molecule has 2 rings (SSSR count). The predicted molar refractivity (Wildman–Crippen MR) is 95.4 cm³/mol. The van der Waals surface area contributed by atoms with Gasteiger partial charge >= 0.3 is 0 Å². The Kier molecular flexibility index (Phi) is 11.9. The molecule has 8 heteroatoms. The van der Waals surface area contributed by atoms with Crippen LogP contribution in [0.5, 0.6) is 0 Å². The van der Waals surface area contributed by atoms with E-state index in [1.807, 2.05) is 4.90 Å². The van der Waals surface area contributed by atoms with Crippen LogP contribution in [0.4, 0.5) is 0 Å². The first-order valence-corrected chi connectivity index (χ1v) is 7.89. The second-order valence-electron chi connectivity index (χ2n) is 4.91. The molecule has 1 aromatic heterocycles. The number of carbonyl (C=O) groups excluding carboxylic acids is 1. The highest BCUT2D eigenvalue weighted by Gasteiger charge is 2.20. The molecule has 0 bridgehead atoms. The molecule has 128 valence electrons. The summed E-state index contributed by atoms with van der Waals surface area (Å²) in [6.45, 7) is 6.36. The fourth-order valence-electron chi connectivity index (χ4n) is 2.26. The van der Waals surface area contributed by atoms with Crippen molar-refractivity contribution in [3.63, 3.8) is 0 Å². The number of nitrogens with one attached hydrogen (secondary N) is 1. The van der Waals surface area contributed by atoms with E-state index in [-0.39, 0.29) is 30.7 Å². The Labute approximate surface area is 148 Å². The second-order valence-corrected chi connectivity index (χ2v) is 5.94. The van der Waals surface area contributed by atoms with Crippen LogP contribution in [0.25, 0.3) is 0 Å². The van der Waals surface area contributed by atoms with Crippen LogP contribution in [0.15, 0.2) is 17.5 Å². The van der Waals surface area contributed by atoms with E-state index in [2.05, 4.69) is 27.7 Å². The number of methoxy groups -OCH3 is 1. The summed E-state index contributed by atoms with van der Waals surface area (Å²) in [7, 11) is 1.66. The lowest BCUT2D eigenvalue weighted by Crippen LogP contribution is -2.50. The number of thiophene rings is 1. The van der Waals surface area contributed by atoms with Crippen molar-refractivity contribution in [2.75, 3.05) is 53.0 Å². The monoisotopic (exact) mass is 369 g/mol. The number of hydrogen-bond acceptors (Lipinski definition) is 5. The van der Waals surface area contributed by atoms with Crippen molar-refractivity contribution in [3.05, 3.63) is 22.4 Å². The van der Waals surface area contributed by atoms with Crippen LogP contribution in [-0.2, 0) is 16.1 Å². The molecular weight excluding hydrogens is 345 g/mol. The first kappa shape index (κ1) is 21.6. The summed E-state index contributed by atoms with van der Waals surface area (Å²) in [5.74, 6) is 0.192. The van der Waals surface area contributed by atoms with E-state index >= 15 is 0 Å². The van der Waals surface area contributed by atoms with Gasteiger partial charge in [0.2, 0.25) is 5.91 Å². The SMILES string of the molecule is COCCNCC(=O)N1CCN(Cc2cccs2)CC1.Cl.Cl. The molecule has 1 amide bonds. The molecule has 1 aliphatic rings. The number of rotatable bonds is 7. The summed E-state index contributed by atoms with van der Waals surface area (Å²) in [6, 6.07) is 4.26. The van der Waals surface area contributed by atoms with Crippen molar-refractivity contribution >= 4 is 42.1 Å². The molecule has 0 unspecified atom stereocenters. The Morgan fingerprint density at radius 1 is 1.32 bits per heavy atom. The third-order valence-corrected chi connectivity index (χ3v) is 4.30. The van der Waals surface area contributed by atoms with Gasteiger partial charge in [0.1, 0.15) is 0 Å². The van der Waals surface area contributed by atoms with Gasteiger partial charge in [0.25, 0.3) is 0 Å². The first-order chi connectivity index (χ1) is 9.79. The van der Waals surface area contributed by atoms with Gasteiger partial charge in [-0.25, -0.2) is 0 Å². The molecule has 0 aliphatic carbocycles. The molecule has 2 heterocycles. The van der Waals surface area contributed by atoms with Crippen molar-refractivity contribution in [2.45, 2.75) is 6.54 Å². The van der Waals surface area contributed by atoms with Gasteiger partial charge in [0, 0.05) is 51.3 Å². The van der Waals surface area contributed by atoms with Crippen LogP contribution in [0, 0.1) is 0 Å².